The highest BCUT2D eigenvalue weighted by atomic mass is 35.5. The van der Waals surface area contributed by atoms with E-state index < -0.39 is 0 Å². The Morgan fingerprint density at radius 2 is 1.88 bits per heavy atom. The first-order valence-electron chi connectivity index (χ1n) is 13.7. The molecular formula is C30H27ClN10O. The molecule has 7 rings (SSSR count). The van der Waals surface area contributed by atoms with E-state index in [-0.39, 0.29) is 17.1 Å². The highest BCUT2D eigenvalue weighted by molar-refractivity contribution is 6.33. The van der Waals surface area contributed by atoms with E-state index in [1.165, 1.54) is 0 Å². The third-order valence-corrected chi connectivity index (χ3v) is 8.70. The van der Waals surface area contributed by atoms with E-state index in [1.807, 2.05) is 25.5 Å². The van der Waals surface area contributed by atoms with Crippen LogP contribution < -0.4 is 10.2 Å². The SMILES string of the molecule is Cn1cc(-c2cc(-c3cnc(N4C[C@@H]5C[C@@](C)(NC(=O)c6ncccc6Cl)C[C@@H]5C4)cn3)c3c(C#N)cnn3c2)cn1. The third-order valence-electron chi connectivity index (χ3n) is 8.40. The number of anilines is 1. The second-order valence-corrected chi connectivity index (χ2v) is 11.9. The summed E-state index contributed by atoms with van der Waals surface area (Å²) in [6.07, 6.45) is 14.1. The van der Waals surface area contributed by atoms with Crippen LogP contribution in [0.2, 0.25) is 5.02 Å². The molecule has 0 radical (unpaired) electrons. The Bertz CT molecular complexity index is 1860. The Balaban J connectivity index is 1.09. The minimum atomic E-state index is -0.316. The van der Waals surface area contributed by atoms with Crippen LogP contribution in [0.3, 0.4) is 0 Å². The zero-order valence-corrected chi connectivity index (χ0v) is 23.8. The van der Waals surface area contributed by atoms with Gasteiger partial charge in [0.25, 0.3) is 5.91 Å². The van der Waals surface area contributed by atoms with Gasteiger partial charge in [0, 0.05) is 61.0 Å². The molecule has 11 nitrogen and oxygen atoms in total. The van der Waals surface area contributed by atoms with Crippen molar-refractivity contribution >= 4 is 28.8 Å². The maximum Gasteiger partial charge on any atom is 0.271 e. The summed E-state index contributed by atoms with van der Waals surface area (Å²) >= 11 is 6.19. The summed E-state index contributed by atoms with van der Waals surface area (Å²) in [6.45, 7) is 3.79. The van der Waals surface area contributed by atoms with Crippen LogP contribution in [0, 0.1) is 23.2 Å². The average Bonchev–Trinajstić information content (AvgIpc) is 3.75. The smallest absolute Gasteiger partial charge is 0.271 e. The molecule has 1 saturated heterocycles. The number of hydrogen-bond acceptors (Lipinski definition) is 8. The number of halogens is 1. The topological polar surface area (TPSA) is 130 Å². The lowest BCUT2D eigenvalue weighted by atomic mass is 9.97. The Morgan fingerprint density at radius 1 is 1.07 bits per heavy atom. The number of amides is 1. The van der Waals surface area contributed by atoms with Crippen molar-refractivity contribution in [3.63, 3.8) is 0 Å². The number of rotatable bonds is 5. The minimum absolute atomic E-state index is 0.235. The van der Waals surface area contributed by atoms with Gasteiger partial charge in [-0.2, -0.15) is 15.5 Å². The molecule has 2 aliphatic rings. The van der Waals surface area contributed by atoms with Crippen LogP contribution in [0.4, 0.5) is 5.82 Å². The van der Waals surface area contributed by atoms with Crippen molar-refractivity contribution in [1.29, 1.82) is 5.26 Å². The molecular weight excluding hydrogens is 552 g/mol. The zero-order valence-electron chi connectivity index (χ0n) is 23.1. The summed E-state index contributed by atoms with van der Waals surface area (Å²) in [7, 11) is 1.87. The summed E-state index contributed by atoms with van der Waals surface area (Å²) in [5, 5.41) is 22.0. The van der Waals surface area contributed by atoms with Crippen LogP contribution >= 0.6 is 11.6 Å². The fourth-order valence-electron chi connectivity index (χ4n) is 6.57. The van der Waals surface area contributed by atoms with Gasteiger partial charge in [-0.25, -0.2) is 14.5 Å². The van der Waals surface area contributed by atoms with Gasteiger partial charge in [0.1, 0.15) is 17.6 Å². The lowest BCUT2D eigenvalue weighted by molar-refractivity contribution is 0.0900. The number of carbonyl (C=O) groups is 1. The predicted octanol–water partition coefficient (Wildman–Crippen LogP) is 4.15. The van der Waals surface area contributed by atoms with Gasteiger partial charge in [0.05, 0.1) is 46.6 Å². The van der Waals surface area contributed by atoms with Crippen molar-refractivity contribution < 1.29 is 4.79 Å². The molecule has 5 aromatic rings. The molecule has 0 bridgehead atoms. The van der Waals surface area contributed by atoms with E-state index in [1.54, 1.807) is 52.3 Å². The first-order valence-corrected chi connectivity index (χ1v) is 14.1. The molecule has 1 saturated carbocycles. The van der Waals surface area contributed by atoms with Gasteiger partial charge < -0.3 is 10.2 Å². The monoisotopic (exact) mass is 578 g/mol. The molecule has 6 heterocycles. The van der Waals surface area contributed by atoms with Crippen LogP contribution in [0.25, 0.3) is 27.9 Å². The third kappa shape index (κ3) is 4.54. The molecule has 1 N–H and O–H groups in total. The number of nitrogens with one attached hydrogen (secondary N) is 1. The number of carbonyl (C=O) groups excluding carboxylic acids is 1. The highest BCUT2D eigenvalue weighted by Gasteiger charge is 2.48. The van der Waals surface area contributed by atoms with E-state index in [4.69, 9.17) is 21.6 Å². The lowest BCUT2D eigenvalue weighted by Gasteiger charge is -2.28. The normalized spacial score (nSPS) is 21.4. The molecule has 0 unspecified atom stereocenters. The Morgan fingerprint density at radius 3 is 2.55 bits per heavy atom. The van der Waals surface area contributed by atoms with Gasteiger partial charge in [0.15, 0.2) is 0 Å². The van der Waals surface area contributed by atoms with Crippen LogP contribution in [-0.4, -0.2) is 58.9 Å². The second kappa shape index (κ2) is 9.92. The highest BCUT2D eigenvalue weighted by Crippen LogP contribution is 2.45. The molecule has 210 valence electrons. The second-order valence-electron chi connectivity index (χ2n) is 11.5. The van der Waals surface area contributed by atoms with Gasteiger partial charge in [-0.3, -0.25) is 14.5 Å². The number of aromatic nitrogens is 7. The summed E-state index contributed by atoms with van der Waals surface area (Å²) in [4.78, 5) is 28.9. The van der Waals surface area contributed by atoms with Crippen LogP contribution in [0.1, 0.15) is 35.8 Å². The lowest BCUT2D eigenvalue weighted by Crippen LogP contribution is -2.45. The van der Waals surface area contributed by atoms with E-state index in [9.17, 15) is 10.1 Å². The quantitative estimate of drug-likeness (QED) is 0.329. The maximum atomic E-state index is 12.9. The average molecular weight is 579 g/mol. The van der Waals surface area contributed by atoms with Gasteiger partial charge in [-0.15, -0.1) is 0 Å². The number of hydrogen-bond donors (Lipinski definition) is 1. The van der Waals surface area contributed by atoms with Crippen molar-refractivity contribution in [2.24, 2.45) is 18.9 Å². The van der Waals surface area contributed by atoms with E-state index in [0.29, 0.717) is 33.6 Å². The van der Waals surface area contributed by atoms with Crippen LogP contribution in [-0.2, 0) is 7.05 Å². The summed E-state index contributed by atoms with van der Waals surface area (Å²) in [5.41, 5.74) is 4.40. The summed E-state index contributed by atoms with van der Waals surface area (Å²) < 4.78 is 3.46. The molecule has 0 aromatic carbocycles. The van der Waals surface area contributed by atoms with Crippen LogP contribution in [0.15, 0.2) is 61.6 Å². The van der Waals surface area contributed by atoms with Gasteiger partial charge in [0.2, 0.25) is 0 Å². The molecule has 1 amide bonds. The molecule has 1 aliphatic carbocycles. The predicted molar refractivity (Wildman–Crippen MR) is 157 cm³/mol. The van der Waals surface area contributed by atoms with Crippen molar-refractivity contribution in [2.45, 2.75) is 25.3 Å². The summed E-state index contributed by atoms with van der Waals surface area (Å²) in [6, 6.07) is 7.64. The van der Waals surface area contributed by atoms with Crippen LogP contribution in [0.5, 0.6) is 0 Å². The Hall–Kier alpha value is -4.82. The van der Waals surface area contributed by atoms with Gasteiger partial charge in [-0.1, -0.05) is 11.6 Å². The number of nitrogens with zero attached hydrogens (tertiary/aromatic N) is 9. The first-order chi connectivity index (χ1) is 20.3. The molecule has 1 aliphatic heterocycles. The van der Waals surface area contributed by atoms with Gasteiger partial charge >= 0.3 is 0 Å². The van der Waals surface area contributed by atoms with E-state index in [0.717, 1.165) is 48.4 Å². The maximum absolute atomic E-state index is 12.9. The summed E-state index contributed by atoms with van der Waals surface area (Å²) in [5.74, 6) is 1.43. The fraction of sp³-hybridized carbons (Fsp3) is 0.300. The fourth-order valence-corrected chi connectivity index (χ4v) is 6.77. The molecule has 42 heavy (non-hydrogen) atoms. The number of pyridine rings is 2. The largest absolute Gasteiger partial charge is 0.355 e. The van der Waals surface area contributed by atoms with Crippen molar-refractivity contribution in [2.75, 3.05) is 18.0 Å². The van der Waals surface area contributed by atoms with E-state index in [2.05, 4.69) is 38.4 Å². The number of aryl methyl sites for hydroxylation is 1. The standard InChI is InChI=1S/C30H27ClN10O/c1-30(38-29(42)27-24(31)4-3-5-33-27)7-19-15-40(16-20(19)8-30)26-13-34-25(12-35-26)23-6-18(22-11-36-39(2)14-22)17-41-28(23)21(9-32)10-37-41/h3-6,10-14,17,19-20H,7-8,15-16H2,1-2H3,(H,38,42)/t19-,20+,30+. The molecule has 3 atom stereocenters. The first kappa shape index (κ1) is 26.1. The Kier molecular flexibility index (Phi) is 6.17. The number of nitriles is 1. The van der Waals surface area contributed by atoms with E-state index >= 15 is 0 Å². The van der Waals surface area contributed by atoms with Crippen molar-refractivity contribution in [3.05, 3.63) is 77.9 Å². The van der Waals surface area contributed by atoms with Crippen molar-refractivity contribution in [3.8, 4) is 28.5 Å². The van der Waals surface area contributed by atoms with Crippen molar-refractivity contribution in [1.82, 2.24) is 39.7 Å². The molecule has 2 fully saturated rings. The molecule has 12 heteroatoms. The zero-order chi connectivity index (χ0) is 29.0. The molecule has 0 spiro atoms. The molecule has 5 aromatic heterocycles. The number of fused-ring (bicyclic) bond motifs is 2. The van der Waals surface area contributed by atoms with Gasteiger partial charge in [-0.05, 0) is 49.8 Å². The Labute approximate surface area is 246 Å². The minimum Gasteiger partial charge on any atom is -0.355 e.